The first-order chi connectivity index (χ1) is 17.7. The molecule has 2 heterocycles. The third-order valence-electron chi connectivity index (χ3n) is 5.97. The summed E-state index contributed by atoms with van der Waals surface area (Å²) >= 11 is 15.0. The Kier molecular flexibility index (Phi) is 8.84. The lowest BCUT2D eigenvalue weighted by Crippen LogP contribution is -2.46. The molecule has 0 fully saturated rings. The van der Waals surface area contributed by atoms with Crippen LogP contribution >= 0.6 is 39.7 Å². The number of fused-ring (bicyclic) bond motifs is 1. The Bertz CT molecular complexity index is 1420. The zero-order chi connectivity index (χ0) is 26.5. The summed E-state index contributed by atoms with van der Waals surface area (Å²) in [5, 5.41) is 6.87. The molecule has 0 saturated heterocycles. The molecule has 4 N–H and O–H groups in total. The van der Waals surface area contributed by atoms with E-state index in [0.717, 1.165) is 38.9 Å². The van der Waals surface area contributed by atoms with E-state index >= 15 is 0 Å². The van der Waals surface area contributed by atoms with Gasteiger partial charge in [0.05, 0.1) is 16.2 Å². The molecule has 0 aliphatic rings. The number of aromatic nitrogens is 2. The summed E-state index contributed by atoms with van der Waals surface area (Å²) in [6.45, 7) is 4.68. The van der Waals surface area contributed by atoms with E-state index in [9.17, 15) is 4.79 Å². The van der Waals surface area contributed by atoms with Crippen LogP contribution in [0.25, 0.3) is 16.9 Å². The number of halogens is 2. The van der Waals surface area contributed by atoms with Gasteiger partial charge in [-0.3, -0.25) is 4.79 Å². The van der Waals surface area contributed by atoms with Crippen molar-refractivity contribution in [1.29, 1.82) is 0 Å². The van der Waals surface area contributed by atoms with Crippen molar-refractivity contribution in [2.24, 2.45) is 11.7 Å². The van der Waals surface area contributed by atoms with Gasteiger partial charge in [-0.05, 0) is 82.3 Å². The molecular formula is C28H29BrClN5OS. The number of nitrogens with zero attached hydrogens (tertiary/aromatic N) is 2. The summed E-state index contributed by atoms with van der Waals surface area (Å²) in [5.41, 5.74) is 11.0. The van der Waals surface area contributed by atoms with Crippen LogP contribution in [-0.2, 0) is 12.8 Å². The van der Waals surface area contributed by atoms with Gasteiger partial charge in [0.15, 0.2) is 10.8 Å². The number of carbonyl (C=O) groups excluding carboxylic acids is 1. The number of nitrogens with two attached hydrogens (primary N) is 1. The molecule has 2 aromatic carbocycles. The SMILES string of the molecule is CC(C)Cc1ccc(C(=O)N[C@H](CNC(N)=S)Cc2ccc(-c3cn4cccc(Br)c4n3)cc2)cc1Cl. The van der Waals surface area contributed by atoms with Gasteiger partial charge < -0.3 is 20.8 Å². The molecule has 0 unspecified atom stereocenters. The second-order valence-corrected chi connectivity index (χ2v) is 11.1. The van der Waals surface area contributed by atoms with Crippen LogP contribution in [0, 0.1) is 5.92 Å². The lowest BCUT2D eigenvalue weighted by atomic mass is 10.0. The maximum Gasteiger partial charge on any atom is 0.251 e. The minimum absolute atomic E-state index is 0.189. The minimum atomic E-state index is -0.236. The molecule has 0 radical (unpaired) electrons. The van der Waals surface area contributed by atoms with Crippen molar-refractivity contribution in [1.82, 2.24) is 20.0 Å². The van der Waals surface area contributed by atoms with Crippen molar-refractivity contribution >= 4 is 56.4 Å². The third-order valence-corrected chi connectivity index (χ3v) is 7.08. The fourth-order valence-electron chi connectivity index (χ4n) is 4.17. The summed E-state index contributed by atoms with van der Waals surface area (Å²) < 4.78 is 2.93. The van der Waals surface area contributed by atoms with Crippen molar-refractivity contribution in [2.75, 3.05) is 6.54 Å². The predicted molar refractivity (Wildman–Crippen MR) is 158 cm³/mol. The molecule has 1 amide bonds. The first-order valence-corrected chi connectivity index (χ1v) is 13.6. The first-order valence-electron chi connectivity index (χ1n) is 12.0. The summed E-state index contributed by atoms with van der Waals surface area (Å²) in [6.07, 6.45) is 5.43. The van der Waals surface area contributed by atoms with Gasteiger partial charge in [-0.15, -0.1) is 0 Å². The molecule has 2 aromatic heterocycles. The van der Waals surface area contributed by atoms with Gasteiger partial charge in [0.2, 0.25) is 0 Å². The Labute approximate surface area is 235 Å². The molecule has 9 heteroatoms. The summed E-state index contributed by atoms with van der Waals surface area (Å²) in [6, 6.07) is 17.4. The first kappa shape index (κ1) is 27.1. The lowest BCUT2D eigenvalue weighted by molar-refractivity contribution is 0.0937. The number of pyridine rings is 1. The van der Waals surface area contributed by atoms with Crippen LogP contribution in [0.1, 0.15) is 35.3 Å². The second kappa shape index (κ2) is 12.1. The van der Waals surface area contributed by atoms with Crippen LogP contribution in [0.5, 0.6) is 0 Å². The van der Waals surface area contributed by atoms with Gasteiger partial charge in [-0.1, -0.05) is 55.8 Å². The second-order valence-electron chi connectivity index (χ2n) is 9.43. The third kappa shape index (κ3) is 7.09. The standard InChI is InChI=1S/C28H29BrClN5OS/c1-17(2)12-20-9-10-21(14-24(20)30)27(36)33-22(15-32-28(31)37)13-18-5-7-19(8-6-18)25-16-35-11-3-4-23(29)26(35)34-25/h3-11,14,16-17,22H,12-13,15H2,1-2H3,(H,33,36)(H3,31,32,37)/t22-/m0/s1. The molecule has 6 nitrogen and oxygen atoms in total. The van der Waals surface area contributed by atoms with Crippen molar-refractivity contribution in [3.63, 3.8) is 0 Å². The van der Waals surface area contributed by atoms with Crippen LogP contribution in [0.15, 0.2) is 71.5 Å². The minimum Gasteiger partial charge on any atom is -0.376 e. The molecule has 0 saturated carbocycles. The number of amides is 1. The van der Waals surface area contributed by atoms with Crippen molar-refractivity contribution < 1.29 is 4.79 Å². The summed E-state index contributed by atoms with van der Waals surface area (Å²) in [7, 11) is 0. The van der Waals surface area contributed by atoms with Crippen molar-refractivity contribution in [3.05, 3.63) is 93.2 Å². The zero-order valence-electron chi connectivity index (χ0n) is 20.7. The van der Waals surface area contributed by atoms with Gasteiger partial charge in [0, 0.05) is 35.1 Å². The highest BCUT2D eigenvalue weighted by Gasteiger charge is 2.17. The number of nitrogens with one attached hydrogen (secondary N) is 2. The molecule has 0 aliphatic heterocycles. The van der Waals surface area contributed by atoms with E-state index in [1.165, 1.54) is 0 Å². The Morgan fingerprint density at radius 1 is 1.16 bits per heavy atom. The predicted octanol–water partition coefficient (Wildman–Crippen LogP) is 5.79. The van der Waals surface area contributed by atoms with Crippen LogP contribution < -0.4 is 16.4 Å². The number of hydrogen-bond donors (Lipinski definition) is 3. The van der Waals surface area contributed by atoms with E-state index in [0.29, 0.717) is 29.5 Å². The van der Waals surface area contributed by atoms with Gasteiger partial charge in [-0.25, -0.2) is 4.98 Å². The largest absolute Gasteiger partial charge is 0.376 e. The Morgan fingerprint density at radius 2 is 1.92 bits per heavy atom. The molecule has 37 heavy (non-hydrogen) atoms. The topological polar surface area (TPSA) is 84.5 Å². The van der Waals surface area contributed by atoms with Gasteiger partial charge in [0.25, 0.3) is 5.91 Å². The van der Waals surface area contributed by atoms with Crippen LogP contribution in [0.3, 0.4) is 0 Å². The Hall–Kier alpha value is -2.94. The number of rotatable bonds is 9. The number of thiocarbonyl (C=S) groups is 1. The van der Waals surface area contributed by atoms with E-state index in [4.69, 9.17) is 34.5 Å². The van der Waals surface area contributed by atoms with Crippen molar-refractivity contribution in [3.8, 4) is 11.3 Å². The zero-order valence-corrected chi connectivity index (χ0v) is 23.8. The maximum absolute atomic E-state index is 13.1. The number of benzene rings is 2. The average Bonchev–Trinajstić information content (AvgIpc) is 3.30. The fourth-order valence-corrected chi connectivity index (χ4v) is 4.96. The summed E-state index contributed by atoms with van der Waals surface area (Å²) in [5.74, 6) is 0.285. The summed E-state index contributed by atoms with van der Waals surface area (Å²) in [4.78, 5) is 17.8. The van der Waals surface area contributed by atoms with Crippen molar-refractivity contribution in [2.45, 2.75) is 32.7 Å². The average molecular weight is 599 g/mol. The molecular weight excluding hydrogens is 570 g/mol. The van der Waals surface area contributed by atoms with E-state index in [2.05, 4.69) is 40.4 Å². The highest BCUT2D eigenvalue weighted by Crippen LogP contribution is 2.24. The molecule has 192 valence electrons. The van der Waals surface area contributed by atoms with Gasteiger partial charge in [0.1, 0.15) is 0 Å². The Morgan fingerprint density at radius 3 is 2.57 bits per heavy atom. The quantitative estimate of drug-likeness (QED) is 0.213. The van der Waals surface area contributed by atoms with E-state index in [1.807, 2.05) is 65.3 Å². The maximum atomic E-state index is 13.1. The monoisotopic (exact) mass is 597 g/mol. The Balaban J connectivity index is 1.48. The normalized spacial score (nSPS) is 12.0. The van der Waals surface area contributed by atoms with Crippen LogP contribution in [0.4, 0.5) is 0 Å². The molecule has 4 aromatic rings. The molecule has 1 atom stereocenters. The van der Waals surface area contributed by atoms with Crippen LogP contribution in [-0.4, -0.2) is 33.0 Å². The number of hydrogen-bond acceptors (Lipinski definition) is 3. The molecule has 0 aliphatic carbocycles. The lowest BCUT2D eigenvalue weighted by Gasteiger charge is -2.20. The fraction of sp³-hybridized carbons (Fsp3) is 0.250. The van der Waals surface area contributed by atoms with E-state index < -0.39 is 0 Å². The number of carbonyl (C=O) groups is 1. The highest BCUT2D eigenvalue weighted by atomic mass is 79.9. The highest BCUT2D eigenvalue weighted by molar-refractivity contribution is 9.10. The number of imidazole rings is 1. The molecule has 0 bridgehead atoms. The van der Waals surface area contributed by atoms with E-state index in [1.54, 1.807) is 6.07 Å². The molecule has 4 rings (SSSR count). The van der Waals surface area contributed by atoms with Gasteiger partial charge >= 0.3 is 0 Å². The smallest absolute Gasteiger partial charge is 0.251 e. The van der Waals surface area contributed by atoms with E-state index in [-0.39, 0.29) is 17.1 Å². The van der Waals surface area contributed by atoms with Crippen LogP contribution in [0.2, 0.25) is 5.02 Å². The molecule has 0 spiro atoms. The van der Waals surface area contributed by atoms with Gasteiger partial charge in [-0.2, -0.15) is 0 Å².